The summed E-state index contributed by atoms with van der Waals surface area (Å²) in [6, 6.07) is 10.4. The Morgan fingerprint density at radius 2 is 2.00 bits per heavy atom. The van der Waals surface area contributed by atoms with E-state index >= 15 is 0 Å². The van der Waals surface area contributed by atoms with E-state index < -0.39 is 0 Å². The van der Waals surface area contributed by atoms with Crippen LogP contribution in [-0.4, -0.2) is 43.5 Å². The van der Waals surface area contributed by atoms with E-state index in [4.69, 9.17) is 4.74 Å². The number of hydrogen-bond donors (Lipinski definition) is 0. The summed E-state index contributed by atoms with van der Waals surface area (Å²) in [5.41, 5.74) is 5.54. The van der Waals surface area contributed by atoms with Gasteiger partial charge >= 0.3 is 0 Å². The fourth-order valence-corrected chi connectivity index (χ4v) is 5.34. The zero-order chi connectivity index (χ0) is 21.7. The van der Waals surface area contributed by atoms with Gasteiger partial charge in [-0.2, -0.15) is 10.2 Å². The summed E-state index contributed by atoms with van der Waals surface area (Å²) in [5, 5.41) is 9.25. The van der Waals surface area contributed by atoms with Gasteiger partial charge in [-0.25, -0.2) is 4.68 Å². The molecule has 0 spiro atoms. The topological polar surface area (TPSA) is 65.2 Å². The number of ether oxygens (including phenoxy) is 1. The second-order valence-corrected chi connectivity index (χ2v) is 8.83. The van der Waals surface area contributed by atoms with Crippen molar-refractivity contribution in [2.75, 3.05) is 7.11 Å². The lowest BCUT2D eigenvalue weighted by Gasteiger charge is -2.36. The first-order valence-corrected chi connectivity index (χ1v) is 11.0. The van der Waals surface area contributed by atoms with E-state index in [-0.39, 0.29) is 24.0 Å². The third-order valence-corrected chi connectivity index (χ3v) is 6.73. The maximum absolute atomic E-state index is 13.4. The van der Waals surface area contributed by atoms with Gasteiger partial charge in [0.25, 0.3) is 0 Å². The van der Waals surface area contributed by atoms with Crippen LogP contribution in [0.15, 0.2) is 36.5 Å². The molecule has 0 radical (unpaired) electrons. The lowest BCUT2D eigenvalue weighted by atomic mass is 9.99. The molecule has 7 heteroatoms. The maximum atomic E-state index is 13.4. The van der Waals surface area contributed by atoms with Gasteiger partial charge in [0.1, 0.15) is 5.75 Å². The minimum Gasteiger partial charge on any atom is -0.497 e. The van der Waals surface area contributed by atoms with Crippen LogP contribution in [0, 0.1) is 13.8 Å². The lowest BCUT2D eigenvalue weighted by Crippen LogP contribution is -2.42. The van der Waals surface area contributed by atoms with Crippen LogP contribution in [-0.2, 0) is 11.2 Å². The standard InChI is InChI=1S/C24H29N5O2/c1-15-11-16(2)28(26-15)17(3)12-24(30)27-19-7-10-22(27)21-14-25-29(23(21)13-19)18-5-8-20(31-4)9-6-18/h5-6,8-9,11,14,17,19,22H,7,10,12-13H2,1-4H3/t17-,19-,22-/m1/s1. The quantitative estimate of drug-likeness (QED) is 0.628. The minimum absolute atomic E-state index is 0.0454. The highest BCUT2D eigenvalue weighted by Gasteiger charge is 2.44. The van der Waals surface area contributed by atoms with E-state index in [0.29, 0.717) is 6.42 Å². The van der Waals surface area contributed by atoms with Crippen LogP contribution in [0.2, 0.25) is 0 Å². The molecule has 1 aromatic carbocycles. The maximum Gasteiger partial charge on any atom is 0.225 e. The molecule has 3 aromatic rings. The van der Waals surface area contributed by atoms with Crippen molar-refractivity contribution in [2.24, 2.45) is 0 Å². The number of rotatable bonds is 5. The van der Waals surface area contributed by atoms with Gasteiger partial charge in [0, 0.05) is 30.1 Å². The number of nitrogens with zero attached hydrogens (tertiary/aromatic N) is 5. The smallest absolute Gasteiger partial charge is 0.225 e. The lowest BCUT2D eigenvalue weighted by molar-refractivity contribution is -0.135. The number of methoxy groups -OCH3 is 1. The van der Waals surface area contributed by atoms with E-state index in [1.54, 1.807) is 7.11 Å². The van der Waals surface area contributed by atoms with Crippen molar-refractivity contribution in [3.63, 3.8) is 0 Å². The van der Waals surface area contributed by atoms with Gasteiger partial charge in [0.15, 0.2) is 0 Å². The fourth-order valence-electron chi connectivity index (χ4n) is 5.34. The second-order valence-electron chi connectivity index (χ2n) is 8.83. The molecule has 2 aliphatic rings. The average molecular weight is 420 g/mol. The summed E-state index contributed by atoms with van der Waals surface area (Å²) in [5.74, 6) is 1.05. The predicted molar refractivity (Wildman–Crippen MR) is 117 cm³/mol. The molecular weight excluding hydrogens is 390 g/mol. The summed E-state index contributed by atoms with van der Waals surface area (Å²) < 4.78 is 9.28. The highest BCUT2D eigenvalue weighted by molar-refractivity contribution is 5.78. The van der Waals surface area contributed by atoms with Crippen LogP contribution in [0.25, 0.3) is 5.69 Å². The number of hydrogen-bond acceptors (Lipinski definition) is 4. The number of fused-ring (bicyclic) bond motifs is 4. The second kappa shape index (κ2) is 7.55. The van der Waals surface area contributed by atoms with Crippen LogP contribution in [0.1, 0.15) is 60.9 Å². The first-order chi connectivity index (χ1) is 15.0. The largest absolute Gasteiger partial charge is 0.497 e. The third-order valence-electron chi connectivity index (χ3n) is 6.73. The molecular formula is C24H29N5O2. The fraction of sp³-hybridized carbons (Fsp3) is 0.458. The van der Waals surface area contributed by atoms with E-state index in [1.165, 1.54) is 11.3 Å². The van der Waals surface area contributed by atoms with Crippen molar-refractivity contribution >= 4 is 5.91 Å². The molecule has 2 bridgehead atoms. The Balaban J connectivity index is 1.38. The van der Waals surface area contributed by atoms with E-state index in [9.17, 15) is 4.79 Å². The highest BCUT2D eigenvalue weighted by atomic mass is 16.5. The van der Waals surface area contributed by atoms with Gasteiger partial charge in [-0.1, -0.05) is 0 Å². The number of aryl methyl sites for hydroxylation is 2. The Labute approximate surface area is 182 Å². The molecule has 3 atom stereocenters. The Hall–Kier alpha value is -3.09. The van der Waals surface area contributed by atoms with Crippen LogP contribution in [0.3, 0.4) is 0 Å². The zero-order valence-corrected chi connectivity index (χ0v) is 18.6. The minimum atomic E-state index is 0.0454. The Morgan fingerprint density at radius 3 is 2.68 bits per heavy atom. The van der Waals surface area contributed by atoms with Crippen molar-refractivity contribution in [1.82, 2.24) is 24.5 Å². The molecule has 0 saturated carbocycles. The number of aromatic nitrogens is 4. The molecule has 0 N–H and O–H groups in total. The summed E-state index contributed by atoms with van der Waals surface area (Å²) in [6.45, 7) is 6.12. The highest BCUT2D eigenvalue weighted by Crippen LogP contribution is 2.44. The molecule has 0 aliphatic carbocycles. The monoisotopic (exact) mass is 419 g/mol. The molecule has 1 fully saturated rings. The average Bonchev–Trinajstić information content (AvgIpc) is 3.43. The molecule has 162 valence electrons. The number of benzene rings is 1. The van der Waals surface area contributed by atoms with Gasteiger partial charge in [0.05, 0.1) is 42.5 Å². The van der Waals surface area contributed by atoms with Crippen LogP contribution in [0.4, 0.5) is 0 Å². The van der Waals surface area contributed by atoms with Crippen LogP contribution < -0.4 is 4.74 Å². The summed E-state index contributed by atoms with van der Waals surface area (Å²) >= 11 is 0. The molecule has 31 heavy (non-hydrogen) atoms. The van der Waals surface area contributed by atoms with Gasteiger partial charge in [-0.05, 0) is 63.9 Å². The molecule has 2 aromatic heterocycles. The zero-order valence-electron chi connectivity index (χ0n) is 18.6. The summed E-state index contributed by atoms with van der Waals surface area (Å²) in [7, 11) is 1.67. The Bertz CT molecular complexity index is 1110. The van der Waals surface area contributed by atoms with Gasteiger partial charge in [-0.15, -0.1) is 0 Å². The first-order valence-electron chi connectivity index (χ1n) is 11.0. The van der Waals surface area contributed by atoms with Crippen molar-refractivity contribution in [3.05, 3.63) is 59.2 Å². The van der Waals surface area contributed by atoms with E-state index in [0.717, 1.165) is 42.1 Å². The number of carbonyl (C=O) groups excluding carboxylic acids is 1. The molecule has 4 heterocycles. The molecule has 1 amide bonds. The predicted octanol–water partition coefficient (Wildman–Crippen LogP) is 3.93. The molecule has 0 unspecified atom stereocenters. The SMILES string of the molecule is COc1ccc(-n2ncc3c2C[C@H]2CC[C@H]3N2C(=O)C[C@@H](C)n2nc(C)cc2C)cc1. The normalized spacial score (nSPS) is 20.6. The van der Waals surface area contributed by atoms with Gasteiger partial charge in [-0.3, -0.25) is 9.48 Å². The van der Waals surface area contributed by atoms with Crippen LogP contribution in [0.5, 0.6) is 5.75 Å². The van der Waals surface area contributed by atoms with Gasteiger partial charge in [0.2, 0.25) is 5.91 Å². The van der Waals surface area contributed by atoms with Crippen molar-refractivity contribution < 1.29 is 9.53 Å². The van der Waals surface area contributed by atoms with E-state index in [1.807, 2.05) is 53.7 Å². The Kier molecular flexibility index (Phi) is 4.84. The molecule has 2 aliphatic heterocycles. The molecule has 5 rings (SSSR count). The van der Waals surface area contributed by atoms with Gasteiger partial charge < -0.3 is 9.64 Å². The number of carbonyl (C=O) groups is 1. The number of amides is 1. The van der Waals surface area contributed by atoms with E-state index in [2.05, 4.69) is 28.1 Å². The van der Waals surface area contributed by atoms with Crippen molar-refractivity contribution in [2.45, 2.75) is 64.6 Å². The molecule has 1 saturated heterocycles. The third kappa shape index (κ3) is 3.32. The van der Waals surface area contributed by atoms with Crippen LogP contribution >= 0.6 is 0 Å². The van der Waals surface area contributed by atoms with Crippen molar-refractivity contribution in [3.8, 4) is 11.4 Å². The summed E-state index contributed by atoms with van der Waals surface area (Å²) in [6.07, 6.45) is 5.32. The molecule has 7 nitrogen and oxygen atoms in total. The summed E-state index contributed by atoms with van der Waals surface area (Å²) in [4.78, 5) is 15.5. The van der Waals surface area contributed by atoms with Crippen molar-refractivity contribution in [1.29, 1.82) is 0 Å². The Morgan fingerprint density at radius 1 is 1.23 bits per heavy atom. The first kappa shape index (κ1) is 19.8.